The van der Waals surface area contributed by atoms with Crippen LogP contribution in [-0.4, -0.2) is 56.6 Å². The number of benzene rings is 1. The van der Waals surface area contributed by atoms with E-state index in [4.69, 9.17) is 10.2 Å². The number of hydrogen-bond acceptors (Lipinski definition) is 6. The molecule has 2 N–H and O–H groups in total. The average Bonchev–Trinajstić information content (AvgIpc) is 2.97. The van der Waals surface area contributed by atoms with Crippen LogP contribution in [0.4, 0.5) is 4.79 Å². The number of nitrogens with zero attached hydrogens (tertiary/aromatic N) is 4. The van der Waals surface area contributed by atoms with E-state index < -0.39 is 11.9 Å². The van der Waals surface area contributed by atoms with Gasteiger partial charge in [-0.25, -0.2) is 4.79 Å². The van der Waals surface area contributed by atoms with Gasteiger partial charge in [0.05, 0.1) is 12.1 Å². The molecule has 0 aliphatic carbocycles. The Morgan fingerprint density at radius 2 is 2.04 bits per heavy atom. The van der Waals surface area contributed by atoms with Crippen LogP contribution in [0.3, 0.4) is 0 Å². The Kier molecular flexibility index (Phi) is 4.98. The lowest BCUT2D eigenvalue weighted by Gasteiger charge is -2.30. The molecule has 2 bridgehead atoms. The van der Waals surface area contributed by atoms with E-state index >= 15 is 0 Å². The highest BCUT2D eigenvalue weighted by molar-refractivity contribution is 6.06. The quantitative estimate of drug-likeness (QED) is 0.604. The van der Waals surface area contributed by atoms with Gasteiger partial charge in [0.25, 0.3) is 5.91 Å². The summed E-state index contributed by atoms with van der Waals surface area (Å²) in [5.74, 6) is -0.531. The standard InChI is InChI=1S/C19H20N6O3/c20-17(22-18(26)15-7-4-10-21-23-15)16-9-8-14-11-24(16)19(27)25(14)28-12-13-5-2-1-3-6-13/h1-7,10,14,16H,8-9,11-12H2,(H2,20,22,26)/t14-,16+/m1/s1. The predicted octanol–water partition coefficient (Wildman–Crippen LogP) is 1.58. The molecule has 2 aliphatic rings. The summed E-state index contributed by atoms with van der Waals surface area (Å²) in [7, 11) is 0. The van der Waals surface area contributed by atoms with E-state index in [-0.39, 0.29) is 23.6 Å². The molecule has 9 nitrogen and oxygen atoms in total. The molecular weight excluding hydrogens is 360 g/mol. The minimum absolute atomic E-state index is 0.0210. The Hall–Kier alpha value is -3.33. The summed E-state index contributed by atoms with van der Waals surface area (Å²) in [6.45, 7) is 0.782. The van der Waals surface area contributed by atoms with Gasteiger partial charge >= 0.3 is 6.03 Å². The molecule has 2 aliphatic heterocycles. The van der Waals surface area contributed by atoms with Gasteiger partial charge in [0.15, 0.2) is 5.69 Å². The molecule has 0 spiro atoms. The van der Waals surface area contributed by atoms with E-state index in [0.717, 1.165) is 5.56 Å². The molecule has 3 amide bonds. The van der Waals surface area contributed by atoms with Gasteiger partial charge < -0.3 is 10.2 Å². The lowest BCUT2D eigenvalue weighted by atomic mass is 10.00. The summed E-state index contributed by atoms with van der Waals surface area (Å²) in [5.41, 5.74) is 1.11. The molecule has 2 saturated heterocycles. The Morgan fingerprint density at radius 1 is 1.21 bits per heavy atom. The van der Waals surface area contributed by atoms with Crippen LogP contribution in [0.25, 0.3) is 0 Å². The second kappa shape index (κ2) is 7.73. The van der Waals surface area contributed by atoms with Crippen LogP contribution in [0.2, 0.25) is 0 Å². The predicted molar refractivity (Wildman–Crippen MR) is 99.2 cm³/mol. The number of nitrogens with one attached hydrogen (secondary N) is 2. The zero-order valence-corrected chi connectivity index (χ0v) is 15.1. The number of amidine groups is 1. The molecular formula is C19H20N6O3. The van der Waals surface area contributed by atoms with Crippen LogP contribution < -0.4 is 5.32 Å². The van der Waals surface area contributed by atoms with Crippen molar-refractivity contribution < 1.29 is 14.4 Å². The Morgan fingerprint density at radius 3 is 2.79 bits per heavy atom. The molecule has 0 unspecified atom stereocenters. The first-order chi connectivity index (χ1) is 13.6. The van der Waals surface area contributed by atoms with Gasteiger partial charge in [-0.05, 0) is 30.5 Å². The molecule has 2 aromatic rings. The molecule has 2 fully saturated rings. The maximum Gasteiger partial charge on any atom is 0.344 e. The smallest absolute Gasteiger partial charge is 0.311 e. The first kappa shape index (κ1) is 18.1. The SMILES string of the molecule is N=C(NC(=O)c1cccnn1)[C@@H]1CC[C@@H]2CN1C(=O)N2OCc1ccccc1. The van der Waals surface area contributed by atoms with Crippen molar-refractivity contribution in [3.8, 4) is 0 Å². The second-order valence-electron chi connectivity index (χ2n) is 6.74. The third-order valence-corrected chi connectivity index (χ3v) is 4.92. The van der Waals surface area contributed by atoms with Crippen LogP contribution in [0, 0.1) is 5.41 Å². The highest BCUT2D eigenvalue weighted by Gasteiger charge is 2.47. The highest BCUT2D eigenvalue weighted by atomic mass is 16.7. The van der Waals surface area contributed by atoms with E-state index in [1.807, 2.05) is 30.3 Å². The van der Waals surface area contributed by atoms with E-state index in [2.05, 4.69) is 15.5 Å². The Balaban J connectivity index is 1.38. The fourth-order valence-electron chi connectivity index (χ4n) is 3.51. The normalized spacial score (nSPS) is 20.9. The summed E-state index contributed by atoms with van der Waals surface area (Å²) in [4.78, 5) is 32.3. The Labute approximate surface area is 161 Å². The van der Waals surface area contributed by atoms with Gasteiger partial charge in [-0.2, -0.15) is 10.2 Å². The number of amides is 3. The third-order valence-electron chi connectivity index (χ3n) is 4.92. The fourth-order valence-corrected chi connectivity index (χ4v) is 3.51. The van der Waals surface area contributed by atoms with Crippen molar-refractivity contribution in [1.82, 2.24) is 25.5 Å². The number of hydroxylamine groups is 2. The van der Waals surface area contributed by atoms with E-state index in [9.17, 15) is 9.59 Å². The largest absolute Gasteiger partial charge is 0.344 e. The highest BCUT2D eigenvalue weighted by Crippen LogP contribution is 2.30. The van der Waals surface area contributed by atoms with Crippen molar-refractivity contribution in [3.63, 3.8) is 0 Å². The van der Waals surface area contributed by atoms with Crippen molar-refractivity contribution in [1.29, 1.82) is 5.41 Å². The fraction of sp³-hybridized carbons (Fsp3) is 0.316. The summed E-state index contributed by atoms with van der Waals surface area (Å²) in [6, 6.07) is 11.9. The number of rotatable bonds is 5. The van der Waals surface area contributed by atoms with Crippen LogP contribution in [0.5, 0.6) is 0 Å². The van der Waals surface area contributed by atoms with E-state index in [0.29, 0.717) is 26.0 Å². The first-order valence-corrected chi connectivity index (χ1v) is 9.07. The number of aromatic nitrogens is 2. The van der Waals surface area contributed by atoms with E-state index in [1.165, 1.54) is 17.3 Å². The molecule has 2 atom stereocenters. The molecule has 9 heteroatoms. The van der Waals surface area contributed by atoms with Crippen LogP contribution in [0.15, 0.2) is 48.7 Å². The Bertz CT molecular complexity index is 876. The van der Waals surface area contributed by atoms with Gasteiger partial charge in [-0.3, -0.25) is 15.0 Å². The van der Waals surface area contributed by atoms with Crippen molar-refractivity contribution in [2.75, 3.05) is 6.54 Å². The van der Waals surface area contributed by atoms with E-state index in [1.54, 1.807) is 11.0 Å². The van der Waals surface area contributed by atoms with Crippen molar-refractivity contribution in [2.24, 2.45) is 0 Å². The third kappa shape index (κ3) is 3.56. The summed E-state index contributed by atoms with van der Waals surface area (Å²) < 4.78 is 0. The number of carbonyl (C=O) groups is 2. The van der Waals surface area contributed by atoms with Gasteiger partial charge in [-0.15, -0.1) is 5.10 Å². The molecule has 3 heterocycles. The van der Waals surface area contributed by atoms with Crippen molar-refractivity contribution >= 4 is 17.8 Å². The van der Waals surface area contributed by atoms with Gasteiger partial charge in [0.2, 0.25) is 0 Å². The molecule has 0 saturated carbocycles. The number of carbonyl (C=O) groups excluding carboxylic acids is 2. The maximum atomic E-state index is 12.8. The number of hydrogen-bond donors (Lipinski definition) is 2. The maximum absolute atomic E-state index is 12.8. The number of fused-ring (bicyclic) bond motifs is 2. The monoisotopic (exact) mass is 380 g/mol. The van der Waals surface area contributed by atoms with Gasteiger partial charge in [0, 0.05) is 12.7 Å². The molecule has 1 aromatic carbocycles. The zero-order chi connectivity index (χ0) is 19.5. The molecule has 144 valence electrons. The summed E-state index contributed by atoms with van der Waals surface area (Å²) in [6.07, 6.45) is 2.75. The topological polar surface area (TPSA) is 112 Å². The number of urea groups is 1. The minimum atomic E-state index is -0.510. The lowest BCUT2D eigenvalue weighted by Crippen LogP contribution is -2.50. The number of piperidine rings is 1. The molecule has 1 aromatic heterocycles. The van der Waals surface area contributed by atoms with Crippen LogP contribution in [0.1, 0.15) is 28.9 Å². The average molecular weight is 380 g/mol. The minimum Gasteiger partial charge on any atom is -0.311 e. The van der Waals surface area contributed by atoms with Crippen LogP contribution in [-0.2, 0) is 11.4 Å². The van der Waals surface area contributed by atoms with Gasteiger partial charge in [0.1, 0.15) is 12.4 Å². The first-order valence-electron chi connectivity index (χ1n) is 9.07. The van der Waals surface area contributed by atoms with Gasteiger partial charge in [-0.1, -0.05) is 30.3 Å². The van der Waals surface area contributed by atoms with Crippen molar-refractivity contribution in [2.45, 2.75) is 31.5 Å². The zero-order valence-electron chi connectivity index (χ0n) is 15.1. The molecule has 28 heavy (non-hydrogen) atoms. The molecule has 0 radical (unpaired) electrons. The lowest BCUT2D eigenvalue weighted by molar-refractivity contribution is -0.140. The second-order valence-corrected chi connectivity index (χ2v) is 6.74. The van der Waals surface area contributed by atoms with Crippen LogP contribution >= 0.6 is 0 Å². The van der Waals surface area contributed by atoms with Crippen molar-refractivity contribution in [3.05, 3.63) is 59.9 Å². The molecule has 4 rings (SSSR count). The summed E-state index contributed by atoms with van der Waals surface area (Å²) in [5, 5.41) is 19.6. The summed E-state index contributed by atoms with van der Waals surface area (Å²) >= 11 is 0.